The van der Waals surface area contributed by atoms with Gasteiger partial charge in [0.15, 0.2) is 5.82 Å². The predicted molar refractivity (Wildman–Crippen MR) is 140 cm³/mol. The van der Waals surface area contributed by atoms with Crippen molar-refractivity contribution in [2.75, 3.05) is 32.1 Å². The molecule has 2 aliphatic carbocycles. The molecule has 2 aliphatic heterocycles. The van der Waals surface area contributed by atoms with E-state index in [1.807, 2.05) is 26.2 Å². The van der Waals surface area contributed by atoms with Crippen LogP contribution in [0.25, 0.3) is 5.69 Å². The largest absolute Gasteiger partial charge is 0.347 e. The van der Waals surface area contributed by atoms with Gasteiger partial charge in [-0.3, -0.25) is 14.3 Å². The normalized spacial score (nSPS) is 20.9. The summed E-state index contributed by atoms with van der Waals surface area (Å²) in [5.74, 6) is 2.94. The Hall–Kier alpha value is -3.55. The average Bonchev–Trinajstić information content (AvgIpc) is 3.60. The summed E-state index contributed by atoms with van der Waals surface area (Å²) in [6, 6.07) is 9.71. The molecule has 4 aliphatic rings. The van der Waals surface area contributed by atoms with Gasteiger partial charge in [0.25, 0.3) is 0 Å². The number of rotatable bonds is 4. The molecule has 1 aromatic carbocycles. The van der Waals surface area contributed by atoms with E-state index in [1.165, 1.54) is 0 Å². The maximum Gasteiger partial charge on any atom is 0.242 e. The van der Waals surface area contributed by atoms with Crippen LogP contribution in [0.15, 0.2) is 30.5 Å². The summed E-state index contributed by atoms with van der Waals surface area (Å²) in [7, 11) is 3.65. The Kier molecular flexibility index (Phi) is 5.10. The van der Waals surface area contributed by atoms with E-state index in [0.29, 0.717) is 35.7 Å². The van der Waals surface area contributed by atoms with E-state index < -0.39 is 5.54 Å². The van der Waals surface area contributed by atoms with Gasteiger partial charge in [-0.2, -0.15) is 5.26 Å². The molecule has 0 N–H and O–H groups in total. The average molecular weight is 530 g/mol. The van der Waals surface area contributed by atoms with Crippen LogP contribution in [-0.4, -0.2) is 73.2 Å². The first-order valence-electron chi connectivity index (χ1n) is 13.0. The molecule has 0 radical (unpaired) electrons. The molecule has 11 heteroatoms. The summed E-state index contributed by atoms with van der Waals surface area (Å²) in [6.45, 7) is 2.98. The first-order chi connectivity index (χ1) is 18.3. The van der Waals surface area contributed by atoms with Gasteiger partial charge in [-0.25, -0.2) is 9.97 Å². The van der Waals surface area contributed by atoms with Crippen LogP contribution >= 0.6 is 11.6 Å². The lowest BCUT2D eigenvalue weighted by atomic mass is 9.57. The molecule has 1 spiro atoms. The summed E-state index contributed by atoms with van der Waals surface area (Å²) < 4.78 is 2.22. The Morgan fingerprint density at radius 1 is 1.16 bits per heavy atom. The number of nitriles is 1. The molecule has 1 amide bonds. The summed E-state index contributed by atoms with van der Waals surface area (Å²) in [6.07, 6.45) is 5.39. The fraction of sp³-hybridized carbons (Fsp3) is 0.481. The highest BCUT2D eigenvalue weighted by atomic mass is 35.5. The van der Waals surface area contributed by atoms with Gasteiger partial charge in [-0.05, 0) is 55.5 Å². The lowest BCUT2D eigenvalue weighted by molar-refractivity contribution is -0.136. The summed E-state index contributed by atoms with van der Waals surface area (Å²) in [4.78, 5) is 28.0. The molecule has 194 valence electrons. The molecule has 3 fully saturated rings. The van der Waals surface area contributed by atoms with Crippen LogP contribution in [0.3, 0.4) is 0 Å². The number of hydrogen-bond acceptors (Lipinski definition) is 8. The van der Waals surface area contributed by atoms with Crippen molar-refractivity contribution in [3.63, 3.8) is 0 Å². The third-order valence-corrected chi connectivity index (χ3v) is 8.92. The fourth-order valence-corrected chi connectivity index (χ4v) is 6.88. The van der Waals surface area contributed by atoms with Gasteiger partial charge in [-0.1, -0.05) is 11.6 Å². The van der Waals surface area contributed by atoms with E-state index >= 15 is 0 Å². The number of anilines is 1. The van der Waals surface area contributed by atoms with Gasteiger partial charge < -0.3 is 9.80 Å². The van der Waals surface area contributed by atoms with Gasteiger partial charge in [0, 0.05) is 56.3 Å². The zero-order chi connectivity index (χ0) is 26.2. The standard InChI is InChI=1S/C27H28ClN9O/c1-34(2)24(38)27(6-7-27)36-13-17-9-19(28)3-4-21(17)37-22(14-36)32-33-23(37)18-10-26(11-18)15-35(16-26)25-30-8-5-20(12-29)31-25/h3-5,8-9,18H,6-7,10-11,13-16H2,1-2H3. The minimum atomic E-state index is -0.481. The minimum Gasteiger partial charge on any atom is -0.347 e. The Morgan fingerprint density at radius 2 is 1.95 bits per heavy atom. The second kappa shape index (κ2) is 8.22. The monoisotopic (exact) mass is 529 g/mol. The number of likely N-dealkylation sites (N-methyl/N-ethyl adjacent to an activating group) is 1. The van der Waals surface area contributed by atoms with Crippen LogP contribution in [0.1, 0.15) is 54.5 Å². The molecule has 0 bridgehead atoms. The number of carbonyl (C=O) groups is 1. The zero-order valence-corrected chi connectivity index (χ0v) is 22.2. The van der Waals surface area contributed by atoms with Gasteiger partial charge in [0.1, 0.15) is 23.1 Å². The van der Waals surface area contributed by atoms with Crippen molar-refractivity contribution < 1.29 is 4.79 Å². The van der Waals surface area contributed by atoms with Crippen molar-refractivity contribution in [2.24, 2.45) is 5.41 Å². The number of nitrogens with zero attached hydrogens (tertiary/aromatic N) is 9. The van der Waals surface area contributed by atoms with Crippen molar-refractivity contribution in [2.45, 2.75) is 50.2 Å². The summed E-state index contributed by atoms with van der Waals surface area (Å²) >= 11 is 6.44. The van der Waals surface area contributed by atoms with Crippen molar-refractivity contribution >= 4 is 23.5 Å². The van der Waals surface area contributed by atoms with Crippen LogP contribution < -0.4 is 4.90 Å². The second-order valence-corrected chi connectivity index (χ2v) is 11.9. The smallest absolute Gasteiger partial charge is 0.242 e. The van der Waals surface area contributed by atoms with Crippen LogP contribution in [0.5, 0.6) is 0 Å². The number of amides is 1. The maximum absolute atomic E-state index is 13.2. The Balaban J connectivity index is 1.15. The molecule has 7 rings (SSSR count). The van der Waals surface area contributed by atoms with Crippen molar-refractivity contribution in [1.82, 2.24) is 34.5 Å². The topological polar surface area (TPSA) is 107 Å². The number of benzene rings is 1. The quantitative estimate of drug-likeness (QED) is 0.508. The highest BCUT2D eigenvalue weighted by Crippen LogP contribution is 2.56. The van der Waals surface area contributed by atoms with Crippen molar-refractivity contribution in [3.05, 3.63) is 58.4 Å². The van der Waals surface area contributed by atoms with E-state index in [4.69, 9.17) is 22.0 Å². The molecular weight excluding hydrogens is 502 g/mol. The molecule has 0 unspecified atom stereocenters. The molecule has 1 saturated heterocycles. The van der Waals surface area contributed by atoms with Gasteiger partial charge >= 0.3 is 0 Å². The first kappa shape index (κ1) is 23.6. The Labute approximate surface area is 225 Å². The van der Waals surface area contributed by atoms with Gasteiger partial charge in [-0.15, -0.1) is 10.2 Å². The first-order valence-corrected chi connectivity index (χ1v) is 13.4. The molecule has 0 atom stereocenters. The van der Waals surface area contributed by atoms with Crippen molar-refractivity contribution in [3.8, 4) is 11.8 Å². The molecule has 3 aromatic rings. The number of carbonyl (C=O) groups excluding carboxylic acids is 1. The third kappa shape index (κ3) is 3.52. The van der Waals surface area contributed by atoms with Crippen LogP contribution in [0.4, 0.5) is 5.95 Å². The number of halogens is 1. The van der Waals surface area contributed by atoms with E-state index in [0.717, 1.165) is 61.7 Å². The van der Waals surface area contributed by atoms with Crippen molar-refractivity contribution in [1.29, 1.82) is 5.26 Å². The van der Waals surface area contributed by atoms with E-state index in [1.54, 1.807) is 17.2 Å². The SMILES string of the molecule is CN(C)C(=O)C1(N2Cc3cc(Cl)ccc3-n3c(nnc3C3CC4(C3)CN(c3nccc(C#N)n3)C4)C2)CC1. The van der Waals surface area contributed by atoms with E-state index in [9.17, 15) is 4.79 Å². The Bertz CT molecular complexity index is 1490. The predicted octanol–water partition coefficient (Wildman–Crippen LogP) is 2.90. The number of aromatic nitrogens is 5. The molecule has 10 nitrogen and oxygen atoms in total. The lowest BCUT2D eigenvalue weighted by Crippen LogP contribution is -2.62. The second-order valence-electron chi connectivity index (χ2n) is 11.5. The zero-order valence-electron chi connectivity index (χ0n) is 21.4. The molecular formula is C27H28ClN9O. The summed E-state index contributed by atoms with van der Waals surface area (Å²) in [5, 5.41) is 19.2. The highest BCUT2D eigenvalue weighted by molar-refractivity contribution is 6.30. The van der Waals surface area contributed by atoms with E-state index in [2.05, 4.69) is 41.6 Å². The number of fused-ring (bicyclic) bond motifs is 3. The van der Waals surface area contributed by atoms with Gasteiger partial charge in [0.2, 0.25) is 11.9 Å². The van der Waals surface area contributed by atoms with Gasteiger partial charge in [0.05, 0.1) is 12.2 Å². The van der Waals surface area contributed by atoms with E-state index in [-0.39, 0.29) is 11.3 Å². The van der Waals surface area contributed by atoms with Crippen LogP contribution in [-0.2, 0) is 17.9 Å². The van der Waals surface area contributed by atoms with Crippen LogP contribution in [0, 0.1) is 16.7 Å². The molecule has 2 aromatic heterocycles. The lowest BCUT2D eigenvalue weighted by Gasteiger charge is -2.58. The maximum atomic E-state index is 13.2. The molecule has 38 heavy (non-hydrogen) atoms. The third-order valence-electron chi connectivity index (χ3n) is 8.68. The fourth-order valence-electron chi connectivity index (χ4n) is 6.69. The minimum absolute atomic E-state index is 0.147. The highest BCUT2D eigenvalue weighted by Gasteiger charge is 2.57. The summed E-state index contributed by atoms with van der Waals surface area (Å²) in [5.41, 5.74) is 2.28. The molecule has 2 saturated carbocycles. The Morgan fingerprint density at radius 3 is 2.66 bits per heavy atom. The van der Waals surface area contributed by atoms with Crippen LogP contribution in [0.2, 0.25) is 5.02 Å². The molecule has 4 heterocycles. The number of hydrogen-bond donors (Lipinski definition) is 0.